The Balaban J connectivity index is 2.04. The van der Waals surface area contributed by atoms with Crippen LogP contribution in [0.25, 0.3) is 0 Å². The molecule has 0 unspecified atom stereocenters. The van der Waals surface area contributed by atoms with E-state index in [0.717, 1.165) is 11.1 Å². The van der Waals surface area contributed by atoms with Crippen molar-refractivity contribution in [3.63, 3.8) is 0 Å². The van der Waals surface area contributed by atoms with E-state index in [9.17, 15) is 4.79 Å². The van der Waals surface area contributed by atoms with Gasteiger partial charge in [0, 0.05) is 0 Å². The molecule has 0 aromatic heterocycles. The highest BCUT2D eigenvalue weighted by molar-refractivity contribution is 5.65. The second-order valence-corrected chi connectivity index (χ2v) is 4.30. The maximum absolute atomic E-state index is 11.8. The van der Waals surface area contributed by atoms with Gasteiger partial charge >= 0.3 is 6.16 Å². The molecule has 0 radical (unpaired) electrons. The summed E-state index contributed by atoms with van der Waals surface area (Å²) < 4.78 is 10.5. The molecule has 3 heteroatoms. The van der Waals surface area contributed by atoms with Gasteiger partial charge < -0.3 is 9.47 Å². The lowest BCUT2D eigenvalue weighted by Gasteiger charge is -2.14. The summed E-state index contributed by atoms with van der Waals surface area (Å²) in [4.78, 5) is 11.8. The molecule has 0 saturated heterocycles. The summed E-state index contributed by atoms with van der Waals surface area (Å²) in [7, 11) is 0. The fourth-order valence-electron chi connectivity index (χ4n) is 1.78. The number of carbonyl (C=O) groups is 1. The van der Waals surface area contributed by atoms with E-state index in [1.807, 2.05) is 49.4 Å². The molecule has 2 rings (SSSR count). The lowest BCUT2D eigenvalue weighted by atomic mass is 10.1. The molecule has 0 aliphatic carbocycles. The number of rotatable bonds is 4. The maximum atomic E-state index is 11.8. The first-order valence-electron chi connectivity index (χ1n) is 6.32. The number of ether oxygens (including phenoxy) is 2. The van der Waals surface area contributed by atoms with Crippen LogP contribution in [0.4, 0.5) is 4.79 Å². The molecular formula is C17H16O3. The molecule has 2 aromatic rings. The Labute approximate surface area is 118 Å². The zero-order chi connectivity index (χ0) is 14.4. The predicted molar refractivity (Wildman–Crippen MR) is 77.7 cm³/mol. The highest BCUT2D eigenvalue weighted by atomic mass is 16.7. The van der Waals surface area contributed by atoms with Gasteiger partial charge in [0.25, 0.3) is 0 Å². The summed E-state index contributed by atoms with van der Waals surface area (Å²) in [5, 5.41) is 0. The van der Waals surface area contributed by atoms with E-state index in [-0.39, 0.29) is 0 Å². The second kappa shape index (κ2) is 6.57. The third-order valence-electron chi connectivity index (χ3n) is 2.85. The average Bonchev–Trinajstić information content (AvgIpc) is 2.48. The molecule has 0 N–H and O–H groups in total. The number of hydrogen-bond donors (Lipinski definition) is 0. The maximum Gasteiger partial charge on any atom is 0.514 e. The number of hydrogen-bond acceptors (Lipinski definition) is 3. The zero-order valence-corrected chi connectivity index (χ0v) is 11.3. The van der Waals surface area contributed by atoms with Crippen LogP contribution in [0.15, 0.2) is 67.3 Å². The normalized spacial score (nSPS) is 11.4. The van der Waals surface area contributed by atoms with E-state index < -0.39 is 12.3 Å². The minimum Gasteiger partial charge on any atom is -0.422 e. The molecule has 102 valence electrons. The Morgan fingerprint density at radius 2 is 1.75 bits per heavy atom. The van der Waals surface area contributed by atoms with Crippen LogP contribution < -0.4 is 4.74 Å². The molecule has 0 aliphatic rings. The van der Waals surface area contributed by atoms with Crippen LogP contribution >= 0.6 is 0 Å². The van der Waals surface area contributed by atoms with Crippen molar-refractivity contribution in [2.75, 3.05) is 0 Å². The summed E-state index contributed by atoms with van der Waals surface area (Å²) >= 11 is 0. The summed E-state index contributed by atoms with van der Waals surface area (Å²) in [6.07, 6.45) is 0.301. The van der Waals surface area contributed by atoms with Crippen LogP contribution in [0.2, 0.25) is 0 Å². The highest BCUT2D eigenvalue weighted by Gasteiger charge is 2.15. The van der Waals surface area contributed by atoms with Gasteiger partial charge in [-0.1, -0.05) is 55.1 Å². The van der Waals surface area contributed by atoms with E-state index in [1.165, 1.54) is 0 Å². The first-order valence-corrected chi connectivity index (χ1v) is 6.32. The Hall–Kier alpha value is -2.55. The fraction of sp³-hybridized carbons (Fsp3) is 0.118. The molecule has 0 saturated carbocycles. The van der Waals surface area contributed by atoms with Crippen molar-refractivity contribution >= 4 is 6.16 Å². The molecule has 0 fully saturated rings. The predicted octanol–water partition coefficient (Wildman–Crippen LogP) is 4.44. The standard InChI is InChI=1S/C17H16O3/c1-3-15(14-10-5-4-6-11-14)19-17(18)20-16-12-8-7-9-13(16)2/h3-12,15H,1H2,2H3/t15-/m1/s1. The largest absolute Gasteiger partial charge is 0.514 e. The van der Waals surface area contributed by atoms with Gasteiger partial charge in [0.2, 0.25) is 0 Å². The average molecular weight is 268 g/mol. The summed E-state index contributed by atoms with van der Waals surface area (Å²) in [5.41, 5.74) is 1.73. The molecular weight excluding hydrogens is 252 g/mol. The van der Waals surface area contributed by atoms with Crippen molar-refractivity contribution in [1.82, 2.24) is 0 Å². The first kappa shape index (κ1) is 13.9. The molecule has 0 aliphatic heterocycles. The molecule has 20 heavy (non-hydrogen) atoms. The van der Waals surface area contributed by atoms with Crippen LogP contribution in [-0.2, 0) is 4.74 Å². The van der Waals surface area contributed by atoms with Gasteiger partial charge in [-0.15, -0.1) is 0 Å². The zero-order valence-electron chi connectivity index (χ0n) is 11.3. The smallest absolute Gasteiger partial charge is 0.422 e. The van der Waals surface area contributed by atoms with E-state index in [0.29, 0.717) is 5.75 Å². The summed E-state index contributed by atoms with van der Waals surface area (Å²) in [6.45, 7) is 5.55. The van der Waals surface area contributed by atoms with Crippen LogP contribution in [0, 0.1) is 6.92 Å². The van der Waals surface area contributed by atoms with Crippen molar-refractivity contribution in [2.24, 2.45) is 0 Å². The SMILES string of the molecule is C=C[C@@H](OC(=O)Oc1ccccc1C)c1ccccc1. The molecule has 0 amide bonds. The van der Waals surface area contributed by atoms with E-state index in [1.54, 1.807) is 18.2 Å². The van der Waals surface area contributed by atoms with Crippen molar-refractivity contribution in [1.29, 1.82) is 0 Å². The van der Waals surface area contributed by atoms with Crippen molar-refractivity contribution in [3.05, 3.63) is 78.4 Å². The quantitative estimate of drug-likeness (QED) is 0.467. The first-order chi connectivity index (χ1) is 9.70. The van der Waals surface area contributed by atoms with Gasteiger partial charge in [-0.05, 0) is 30.2 Å². The fourth-order valence-corrected chi connectivity index (χ4v) is 1.78. The van der Waals surface area contributed by atoms with Crippen molar-refractivity contribution in [3.8, 4) is 5.75 Å². The Morgan fingerprint density at radius 3 is 2.40 bits per heavy atom. The topological polar surface area (TPSA) is 35.5 Å². The lowest BCUT2D eigenvalue weighted by Crippen LogP contribution is -2.14. The Kier molecular flexibility index (Phi) is 4.56. The second-order valence-electron chi connectivity index (χ2n) is 4.30. The van der Waals surface area contributed by atoms with Crippen LogP contribution in [0.1, 0.15) is 17.2 Å². The van der Waals surface area contributed by atoms with Gasteiger partial charge in [0.15, 0.2) is 0 Å². The van der Waals surface area contributed by atoms with Crippen LogP contribution in [-0.4, -0.2) is 6.16 Å². The number of benzene rings is 2. The monoisotopic (exact) mass is 268 g/mol. The van der Waals surface area contributed by atoms with E-state index >= 15 is 0 Å². The van der Waals surface area contributed by atoms with Gasteiger partial charge in [-0.2, -0.15) is 0 Å². The van der Waals surface area contributed by atoms with Crippen molar-refractivity contribution in [2.45, 2.75) is 13.0 Å². The van der Waals surface area contributed by atoms with Crippen molar-refractivity contribution < 1.29 is 14.3 Å². The number of aryl methyl sites for hydroxylation is 1. The van der Waals surface area contributed by atoms with Gasteiger partial charge in [0.1, 0.15) is 11.9 Å². The Bertz CT molecular complexity index is 590. The molecule has 0 spiro atoms. The number of carbonyl (C=O) groups excluding carboxylic acids is 1. The summed E-state index contributed by atoms with van der Waals surface area (Å²) in [6, 6.07) is 16.7. The van der Waals surface area contributed by atoms with E-state index in [4.69, 9.17) is 9.47 Å². The van der Waals surface area contributed by atoms with Gasteiger partial charge in [-0.3, -0.25) is 0 Å². The minimum absolute atomic E-state index is 0.494. The Morgan fingerprint density at radius 1 is 1.10 bits per heavy atom. The highest BCUT2D eigenvalue weighted by Crippen LogP contribution is 2.21. The molecule has 1 atom stereocenters. The molecule has 0 heterocycles. The summed E-state index contributed by atoms with van der Waals surface area (Å²) in [5.74, 6) is 0.494. The van der Waals surface area contributed by atoms with Crippen LogP contribution in [0.5, 0.6) is 5.75 Å². The lowest BCUT2D eigenvalue weighted by molar-refractivity contribution is 0.0759. The number of para-hydroxylation sites is 1. The van der Waals surface area contributed by atoms with Gasteiger partial charge in [-0.25, -0.2) is 4.79 Å². The van der Waals surface area contributed by atoms with Crippen LogP contribution in [0.3, 0.4) is 0 Å². The third kappa shape index (κ3) is 3.48. The molecule has 2 aromatic carbocycles. The van der Waals surface area contributed by atoms with E-state index in [2.05, 4.69) is 6.58 Å². The molecule has 0 bridgehead atoms. The molecule has 3 nitrogen and oxygen atoms in total. The minimum atomic E-state index is -0.743. The van der Waals surface area contributed by atoms with Gasteiger partial charge in [0.05, 0.1) is 0 Å². The third-order valence-corrected chi connectivity index (χ3v) is 2.85.